The summed E-state index contributed by atoms with van der Waals surface area (Å²) in [5, 5.41) is 9.07. The van der Waals surface area contributed by atoms with Gasteiger partial charge in [0.15, 0.2) is 0 Å². The van der Waals surface area contributed by atoms with Crippen LogP contribution in [0.5, 0.6) is 5.75 Å². The lowest BCUT2D eigenvalue weighted by molar-refractivity contribution is 0.0659. The van der Waals surface area contributed by atoms with E-state index in [-0.39, 0.29) is 12.4 Å². The van der Waals surface area contributed by atoms with Gasteiger partial charge in [-0.05, 0) is 50.6 Å². The molecule has 0 saturated carbocycles. The number of hydrogen-bond acceptors (Lipinski definition) is 3. The summed E-state index contributed by atoms with van der Waals surface area (Å²) < 4.78 is 5.92. The van der Waals surface area contributed by atoms with E-state index < -0.39 is 0 Å². The quantitative estimate of drug-likeness (QED) is 0.839. The molecule has 1 saturated heterocycles. The molecule has 1 aromatic carbocycles. The maximum atomic E-state index is 9.07. The van der Waals surface area contributed by atoms with Crippen molar-refractivity contribution in [2.75, 3.05) is 19.7 Å². The Balaban J connectivity index is 0.00000147. The number of likely N-dealkylation sites (tertiary alicyclic amines) is 1. The Labute approximate surface area is 126 Å². The van der Waals surface area contributed by atoms with E-state index in [0.29, 0.717) is 12.0 Å². The Hall–Kier alpha value is -1.24. The van der Waals surface area contributed by atoms with Gasteiger partial charge in [0.1, 0.15) is 12.4 Å². The van der Waals surface area contributed by atoms with Crippen molar-refractivity contribution >= 4 is 12.4 Å². The Bertz CT molecular complexity index is 510. The minimum absolute atomic E-state index is 0. The van der Waals surface area contributed by atoms with Crippen molar-refractivity contribution in [3.63, 3.8) is 0 Å². The second-order valence-corrected chi connectivity index (χ2v) is 5.53. The molecule has 3 rings (SSSR count). The normalized spacial score (nSPS) is 24.6. The van der Waals surface area contributed by atoms with Gasteiger partial charge in [-0.1, -0.05) is 6.92 Å². The molecule has 0 amide bonds. The molecular weight excluding hydrogens is 272 g/mol. The fourth-order valence-corrected chi connectivity index (χ4v) is 3.49. The molecular formula is C16H21ClN2O. The number of ether oxygens (including phenoxy) is 1. The van der Waals surface area contributed by atoms with Gasteiger partial charge in [0.2, 0.25) is 0 Å². The van der Waals surface area contributed by atoms with Crippen LogP contribution in [-0.4, -0.2) is 30.6 Å². The minimum atomic E-state index is 0. The second-order valence-electron chi connectivity index (χ2n) is 5.53. The maximum absolute atomic E-state index is 9.07. The molecule has 0 spiro atoms. The highest BCUT2D eigenvalue weighted by molar-refractivity contribution is 5.85. The van der Waals surface area contributed by atoms with Gasteiger partial charge in [0, 0.05) is 11.5 Å². The van der Waals surface area contributed by atoms with Crippen LogP contribution in [0, 0.1) is 11.3 Å². The van der Waals surface area contributed by atoms with E-state index in [1.54, 1.807) is 0 Å². The van der Waals surface area contributed by atoms with Crippen molar-refractivity contribution in [2.45, 2.75) is 38.1 Å². The molecule has 0 bridgehead atoms. The molecule has 0 aromatic heterocycles. The smallest absolute Gasteiger partial charge is 0.123 e. The molecule has 2 heterocycles. The van der Waals surface area contributed by atoms with Gasteiger partial charge in [0.05, 0.1) is 17.7 Å². The van der Waals surface area contributed by atoms with Crippen LogP contribution < -0.4 is 4.74 Å². The summed E-state index contributed by atoms with van der Waals surface area (Å²) in [5.41, 5.74) is 1.99. The first-order chi connectivity index (χ1) is 9.33. The fourth-order valence-electron chi connectivity index (χ4n) is 3.49. The minimum Gasteiger partial charge on any atom is -0.492 e. The number of halogens is 1. The Morgan fingerprint density at radius 1 is 1.45 bits per heavy atom. The van der Waals surface area contributed by atoms with E-state index in [9.17, 15) is 0 Å². The van der Waals surface area contributed by atoms with Gasteiger partial charge in [0.25, 0.3) is 0 Å². The molecule has 2 atom stereocenters. The number of nitriles is 1. The highest BCUT2D eigenvalue weighted by atomic mass is 35.5. The zero-order valence-corrected chi connectivity index (χ0v) is 12.7. The molecule has 1 fully saturated rings. The average molecular weight is 293 g/mol. The topological polar surface area (TPSA) is 36.3 Å². The lowest BCUT2D eigenvalue weighted by Gasteiger charge is -2.44. The van der Waals surface area contributed by atoms with Crippen LogP contribution in [0.4, 0.5) is 0 Å². The van der Waals surface area contributed by atoms with Gasteiger partial charge in [-0.25, -0.2) is 0 Å². The van der Waals surface area contributed by atoms with E-state index >= 15 is 0 Å². The third-order valence-electron chi connectivity index (χ3n) is 4.35. The lowest BCUT2D eigenvalue weighted by Crippen LogP contribution is -2.49. The maximum Gasteiger partial charge on any atom is 0.123 e. The first kappa shape index (κ1) is 15.2. The van der Waals surface area contributed by atoms with E-state index in [1.807, 2.05) is 18.2 Å². The van der Waals surface area contributed by atoms with Crippen molar-refractivity contribution in [1.82, 2.24) is 4.90 Å². The molecule has 0 N–H and O–H groups in total. The zero-order valence-electron chi connectivity index (χ0n) is 11.8. The Kier molecular flexibility index (Phi) is 4.91. The average Bonchev–Trinajstić information content (AvgIpc) is 2.47. The largest absolute Gasteiger partial charge is 0.492 e. The van der Waals surface area contributed by atoms with Crippen molar-refractivity contribution in [3.8, 4) is 11.8 Å². The highest BCUT2D eigenvalue weighted by Crippen LogP contribution is 2.41. The molecule has 20 heavy (non-hydrogen) atoms. The standard InChI is InChI=1S/C16H20N2O.ClH/c1-2-7-18-8-3-4-13-14-9-12(10-17)5-6-16(14)19-11-15(13)18;/h5-6,9,13,15H,2-4,7-8,11H2,1H3;1H/t13-,15-;/m0./s1. The Morgan fingerprint density at radius 3 is 3.05 bits per heavy atom. The summed E-state index contributed by atoms with van der Waals surface area (Å²) in [7, 11) is 0. The summed E-state index contributed by atoms with van der Waals surface area (Å²) in [4.78, 5) is 2.57. The van der Waals surface area contributed by atoms with E-state index in [4.69, 9.17) is 10.00 Å². The van der Waals surface area contributed by atoms with Crippen molar-refractivity contribution < 1.29 is 4.74 Å². The van der Waals surface area contributed by atoms with E-state index in [2.05, 4.69) is 17.9 Å². The first-order valence-corrected chi connectivity index (χ1v) is 7.24. The molecule has 3 nitrogen and oxygen atoms in total. The van der Waals surface area contributed by atoms with Crippen LogP contribution in [0.2, 0.25) is 0 Å². The van der Waals surface area contributed by atoms with Crippen LogP contribution in [0.1, 0.15) is 43.2 Å². The number of hydrogen-bond donors (Lipinski definition) is 0. The van der Waals surface area contributed by atoms with Gasteiger partial charge < -0.3 is 4.74 Å². The summed E-state index contributed by atoms with van der Waals surface area (Å²) in [5.74, 6) is 1.52. The van der Waals surface area contributed by atoms with Gasteiger partial charge in [-0.3, -0.25) is 4.90 Å². The molecule has 0 radical (unpaired) electrons. The third kappa shape index (κ3) is 2.63. The number of nitrogens with zero attached hydrogens (tertiary/aromatic N) is 2. The Morgan fingerprint density at radius 2 is 2.30 bits per heavy atom. The third-order valence-corrected chi connectivity index (χ3v) is 4.35. The monoisotopic (exact) mass is 292 g/mol. The van der Waals surface area contributed by atoms with E-state index in [1.165, 1.54) is 31.4 Å². The van der Waals surface area contributed by atoms with Crippen molar-refractivity contribution in [2.24, 2.45) is 0 Å². The predicted octanol–water partition coefficient (Wildman–Crippen LogP) is 3.33. The summed E-state index contributed by atoms with van der Waals surface area (Å²) in [6.07, 6.45) is 3.65. The van der Waals surface area contributed by atoms with Gasteiger partial charge in [-0.15, -0.1) is 12.4 Å². The van der Waals surface area contributed by atoms with Crippen molar-refractivity contribution in [3.05, 3.63) is 29.3 Å². The molecule has 1 aromatic rings. The summed E-state index contributed by atoms with van der Waals surface area (Å²) in [6, 6.07) is 8.58. The van der Waals surface area contributed by atoms with Crippen molar-refractivity contribution in [1.29, 1.82) is 5.26 Å². The fraction of sp³-hybridized carbons (Fsp3) is 0.562. The molecule has 4 heteroatoms. The lowest BCUT2D eigenvalue weighted by atomic mass is 9.81. The van der Waals surface area contributed by atoms with Crippen LogP contribution >= 0.6 is 12.4 Å². The van der Waals surface area contributed by atoms with Crippen LogP contribution in [0.15, 0.2) is 18.2 Å². The predicted molar refractivity (Wildman–Crippen MR) is 81.5 cm³/mol. The molecule has 2 aliphatic heterocycles. The number of rotatable bonds is 2. The molecule has 0 unspecified atom stereocenters. The highest BCUT2D eigenvalue weighted by Gasteiger charge is 2.37. The van der Waals surface area contributed by atoms with Crippen LogP contribution in [-0.2, 0) is 0 Å². The van der Waals surface area contributed by atoms with E-state index in [0.717, 1.165) is 24.5 Å². The molecule has 2 aliphatic rings. The second kappa shape index (κ2) is 6.47. The number of fused-ring (bicyclic) bond motifs is 3. The van der Waals surface area contributed by atoms with Crippen LogP contribution in [0.25, 0.3) is 0 Å². The summed E-state index contributed by atoms with van der Waals surface area (Å²) in [6.45, 7) is 5.36. The summed E-state index contributed by atoms with van der Waals surface area (Å²) >= 11 is 0. The molecule has 108 valence electrons. The molecule has 0 aliphatic carbocycles. The SMILES string of the molecule is CCCN1CCC[C@H]2c3cc(C#N)ccc3OC[C@@H]21.Cl. The number of piperidine rings is 1. The number of benzene rings is 1. The first-order valence-electron chi connectivity index (χ1n) is 7.24. The van der Waals surface area contributed by atoms with Crippen LogP contribution in [0.3, 0.4) is 0 Å². The van der Waals surface area contributed by atoms with Gasteiger partial charge >= 0.3 is 0 Å². The zero-order chi connectivity index (χ0) is 13.2. The van der Waals surface area contributed by atoms with Gasteiger partial charge in [-0.2, -0.15) is 5.26 Å².